The van der Waals surface area contributed by atoms with E-state index in [-0.39, 0.29) is 0 Å². The lowest BCUT2D eigenvalue weighted by molar-refractivity contribution is 0.738. The van der Waals surface area contributed by atoms with Crippen molar-refractivity contribution < 1.29 is 0 Å². The Hall–Kier alpha value is -2.00. The molecule has 1 aliphatic carbocycles. The molecule has 0 aliphatic heterocycles. The minimum atomic E-state index is 0.533. The summed E-state index contributed by atoms with van der Waals surface area (Å²) in [6, 6.07) is 2.19. The summed E-state index contributed by atoms with van der Waals surface area (Å²) in [5.41, 5.74) is 10.2. The molecule has 1 aliphatic rings. The minimum absolute atomic E-state index is 0.533. The molecule has 0 saturated heterocycles. The van der Waals surface area contributed by atoms with E-state index in [9.17, 15) is 0 Å². The zero-order valence-corrected chi connectivity index (χ0v) is 12.4. The van der Waals surface area contributed by atoms with Crippen molar-refractivity contribution in [3.63, 3.8) is 0 Å². The highest BCUT2D eigenvalue weighted by Gasteiger charge is 2.31. The second-order valence-corrected chi connectivity index (χ2v) is 6.23. The first-order chi connectivity index (χ1) is 9.61. The average Bonchev–Trinajstić information content (AvgIpc) is 3.15. The zero-order chi connectivity index (χ0) is 14.3. The van der Waals surface area contributed by atoms with Gasteiger partial charge in [0.2, 0.25) is 0 Å². The predicted octanol–water partition coefficient (Wildman–Crippen LogP) is 2.73. The summed E-state index contributed by atoms with van der Waals surface area (Å²) >= 11 is 1.46. The van der Waals surface area contributed by atoms with Gasteiger partial charge in [0.05, 0.1) is 16.9 Å². The Bertz CT molecular complexity index is 687. The molecule has 2 aromatic heterocycles. The molecule has 0 amide bonds. The molecule has 0 atom stereocenters. The van der Waals surface area contributed by atoms with Gasteiger partial charge in [0, 0.05) is 30.4 Å². The summed E-state index contributed by atoms with van der Waals surface area (Å²) in [7, 11) is 1.94. The lowest BCUT2D eigenvalue weighted by Gasteiger charge is -2.07. The number of nitrogens with zero attached hydrogens (tertiary/aromatic N) is 3. The van der Waals surface area contributed by atoms with Crippen LogP contribution < -0.4 is 11.1 Å². The van der Waals surface area contributed by atoms with Crippen LogP contribution in [0.4, 0.5) is 10.7 Å². The maximum absolute atomic E-state index is 9.13. The Balaban J connectivity index is 1.84. The topological polar surface area (TPSA) is 79.7 Å². The van der Waals surface area contributed by atoms with Gasteiger partial charge in [-0.05, 0) is 25.7 Å². The number of anilines is 2. The first-order valence-corrected chi connectivity index (χ1v) is 7.47. The molecule has 20 heavy (non-hydrogen) atoms. The van der Waals surface area contributed by atoms with Crippen LogP contribution in [-0.4, -0.2) is 9.78 Å². The lowest BCUT2D eigenvalue weighted by atomic mass is 10.1. The third-order valence-corrected chi connectivity index (χ3v) is 4.93. The van der Waals surface area contributed by atoms with Crippen LogP contribution in [0.5, 0.6) is 0 Å². The van der Waals surface area contributed by atoms with E-state index in [2.05, 4.69) is 23.4 Å². The standard InChI is InChI=1S/C14H17N5S/c1-8-10(7-18-19(8)2)6-17-14-12(9-3-4-9)13(16)11(5-15)20-14/h7,9,17H,3-4,6,16H2,1-2H3. The van der Waals surface area contributed by atoms with Crippen LogP contribution in [0.25, 0.3) is 0 Å². The van der Waals surface area contributed by atoms with Crippen molar-refractivity contribution in [3.8, 4) is 6.07 Å². The van der Waals surface area contributed by atoms with Gasteiger partial charge in [-0.3, -0.25) is 4.68 Å². The van der Waals surface area contributed by atoms with Gasteiger partial charge in [-0.2, -0.15) is 10.4 Å². The van der Waals surface area contributed by atoms with E-state index in [1.165, 1.54) is 29.7 Å². The van der Waals surface area contributed by atoms with Crippen LogP contribution in [0, 0.1) is 18.3 Å². The monoisotopic (exact) mass is 287 g/mol. The summed E-state index contributed by atoms with van der Waals surface area (Å²) in [4.78, 5) is 0.623. The number of hydrogen-bond donors (Lipinski definition) is 2. The molecule has 0 bridgehead atoms. The van der Waals surface area contributed by atoms with Gasteiger partial charge in [0.1, 0.15) is 10.9 Å². The van der Waals surface area contributed by atoms with Gasteiger partial charge < -0.3 is 11.1 Å². The molecule has 3 N–H and O–H groups in total. The van der Waals surface area contributed by atoms with Gasteiger partial charge in [-0.1, -0.05) is 0 Å². The highest BCUT2D eigenvalue weighted by molar-refractivity contribution is 7.17. The van der Waals surface area contributed by atoms with Crippen LogP contribution >= 0.6 is 11.3 Å². The van der Waals surface area contributed by atoms with Gasteiger partial charge in [0.15, 0.2) is 0 Å². The third kappa shape index (κ3) is 2.14. The number of nitrogens with one attached hydrogen (secondary N) is 1. The molecule has 6 heteroatoms. The van der Waals surface area contributed by atoms with Gasteiger partial charge >= 0.3 is 0 Å². The van der Waals surface area contributed by atoms with E-state index in [1.54, 1.807) is 0 Å². The Morgan fingerprint density at radius 3 is 2.90 bits per heavy atom. The van der Waals surface area contributed by atoms with Crippen LogP contribution in [-0.2, 0) is 13.6 Å². The Labute approximate surface area is 122 Å². The van der Waals surface area contributed by atoms with Crippen molar-refractivity contribution in [3.05, 3.63) is 27.9 Å². The summed E-state index contributed by atoms with van der Waals surface area (Å²) in [5, 5.41) is 17.9. The quantitative estimate of drug-likeness (QED) is 0.906. The SMILES string of the molecule is Cc1c(CNc2sc(C#N)c(N)c2C2CC2)cnn1C. The highest BCUT2D eigenvalue weighted by atomic mass is 32.1. The van der Waals surface area contributed by atoms with Crippen molar-refractivity contribution in [2.75, 3.05) is 11.1 Å². The van der Waals surface area contributed by atoms with Crippen molar-refractivity contribution in [1.29, 1.82) is 5.26 Å². The summed E-state index contributed by atoms with van der Waals surface area (Å²) in [6.45, 7) is 2.76. The van der Waals surface area contributed by atoms with Crippen molar-refractivity contribution in [1.82, 2.24) is 9.78 Å². The second kappa shape index (κ2) is 4.84. The molecule has 3 rings (SSSR count). The fourth-order valence-corrected chi connectivity index (χ4v) is 3.34. The smallest absolute Gasteiger partial charge is 0.130 e. The summed E-state index contributed by atoms with van der Waals surface area (Å²) in [6.07, 6.45) is 4.22. The number of rotatable bonds is 4. The Morgan fingerprint density at radius 1 is 1.60 bits per heavy atom. The molecule has 0 spiro atoms. The molecule has 1 saturated carbocycles. The predicted molar refractivity (Wildman–Crippen MR) is 80.7 cm³/mol. The molecule has 1 fully saturated rings. The Kier molecular flexibility index (Phi) is 3.14. The second-order valence-electron chi connectivity index (χ2n) is 5.21. The third-order valence-electron chi connectivity index (χ3n) is 3.85. The van der Waals surface area contributed by atoms with Gasteiger partial charge in [0.25, 0.3) is 0 Å². The number of nitriles is 1. The number of aryl methyl sites for hydroxylation is 1. The number of thiophene rings is 1. The van der Waals surface area contributed by atoms with Crippen molar-refractivity contribution >= 4 is 22.0 Å². The van der Waals surface area contributed by atoms with E-state index < -0.39 is 0 Å². The van der Waals surface area contributed by atoms with Crippen molar-refractivity contribution in [2.45, 2.75) is 32.2 Å². The number of hydrogen-bond acceptors (Lipinski definition) is 5. The molecule has 2 aromatic rings. The fraction of sp³-hybridized carbons (Fsp3) is 0.429. The van der Waals surface area contributed by atoms with Gasteiger partial charge in [-0.15, -0.1) is 11.3 Å². The molecular weight excluding hydrogens is 270 g/mol. The first-order valence-electron chi connectivity index (χ1n) is 6.65. The van der Waals surface area contributed by atoms with E-state index in [0.717, 1.165) is 16.3 Å². The minimum Gasteiger partial charge on any atom is -0.397 e. The maximum Gasteiger partial charge on any atom is 0.130 e. The summed E-state index contributed by atoms with van der Waals surface area (Å²) < 4.78 is 1.86. The molecular formula is C14H17N5S. The number of nitrogen functional groups attached to an aromatic ring is 1. The zero-order valence-electron chi connectivity index (χ0n) is 11.6. The van der Waals surface area contributed by atoms with Crippen molar-refractivity contribution in [2.24, 2.45) is 7.05 Å². The Morgan fingerprint density at radius 2 is 2.35 bits per heavy atom. The summed E-state index contributed by atoms with van der Waals surface area (Å²) in [5.74, 6) is 0.533. The fourth-order valence-electron chi connectivity index (χ4n) is 2.34. The van der Waals surface area contributed by atoms with Gasteiger partial charge in [-0.25, -0.2) is 0 Å². The van der Waals surface area contributed by atoms with Crippen LogP contribution in [0.15, 0.2) is 6.20 Å². The number of nitrogens with two attached hydrogens (primary N) is 1. The largest absolute Gasteiger partial charge is 0.397 e. The molecule has 0 unspecified atom stereocenters. The van der Waals surface area contributed by atoms with Crippen LogP contribution in [0.3, 0.4) is 0 Å². The molecule has 0 radical (unpaired) electrons. The lowest BCUT2D eigenvalue weighted by Crippen LogP contribution is -2.02. The molecule has 104 valence electrons. The molecule has 0 aromatic carbocycles. The normalized spacial score (nSPS) is 14.2. The maximum atomic E-state index is 9.13. The van der Waals surface area contributed by atoms with Crippen LogP contribution in [0.2, 0.25) is 0 Å². The number of aromatic nitrogens is 2. The highest BCUT2D eigenvalue weighted by Crippen LogP contribution is 2.50. The van der Waals surface area contributed by atoms with E-state index >= 15 is 0 Å². The average molecular weight is 287 g/mol. The van der Waals surface area contributed by atoms with E-state index in [0.29, 0.717) is 23.0 Å². The molecule has 2 heterocycles. The first kappa shape index (κ1) is 13.0. The van der Waals surface area contributed by atoms with E-state index in [1.807, 2.05) is 17.9 Å². The van der Waals surface area contributed by atoms with Crippen LogP contribution in [0.1, 0.15) is 40.5 Å². The van der Waals surface area contributed by atoms with E-state index in [4.69, 9.17) is 11.0 Å². The molecule has 5 nitrogen and oxygen atoms in total.